The van der Waals surface area contributed by atoms with Crippen molar-refractivity contribution in [1.29, 1.82) is 0 Å². The lowest BCUT2D eigenvalue weighted by atomic mass is 9.87. The molecule has 0 spiro atoms. The summed E-state index contributed by atoms with van der Waals surface area (Å²) in [6, 6.07) is 12.0. The lowest BCUT2D eigenvalue weighted by molar-refractivity contribution is -0.132. The van der Waals surface area contributed by atoms with Crippen molar-refractivity contribution in [3.63, 3.8) is 0 Å². The van der Waals surface area contributed by atoms with Crippen LogP contribution in [-0.4, -0.2) is 127 Å². The summed E-state index contributed by atoms with van der Waals surface area (Å²) in [6.07, 6.45) is 5.05. The second-order valence-corrected chi connectivity index (χ2v) is 16.7. The first-order valence-corrected chi connectivity index (χ1v) is 20.3. The summed E-state index contributed by atoms with van der Waals surface area (Å²) in [5, 5.41) is 8.72. The van der Waals surface area contributed by atoms with Crippen molar-refractivity contribution in [3.05, 3.63) is 78.0 Å². The SMILES string of the molecule is CO[C@H]1CN(C)C(=O)[C@@H]2C[C@@H](CN2c2nc(N3[C@H]4C[C@H]3CN(C3CC3)C4)nc3c2cnn3-c2ccc(F)cc2F)Nc2cccc(n2)-c2cc(F)cc3nc(C)n(c23)C1. The van der Waals surface area contributed by atoms with Crippen molar-refractivity contribution in [2.75, 3.05) is 55.5 Å². The zero-order valence-corrected chi connectivity index (χ0v) is 32.9. The van der Waals surface area contributed by atoms with Crippen LogP contribution in [-0.2, 0) is 16.1 Å². The number of carbonyl (C=O) groups excluding carboxylic acids is 1. The number of fused-ring (bicyclic) bond motifs is 8. The molecule has 304 valence electrons. The van der Waals surface area contributed by atoms with Crippen LogP contribution >= 0.6 is 0 Å². The Morgan fingerprint density at radius 2 is 1.69 bits per heavy atom. The molecular weight excluding hydrogens is 762 g/mol. The molecule has 12 rings (SSSR count). The van der Waals surface area contributed by atoms with E-state index >= 15 is 8.78 Å². The third kappa shape index (κ3) is 6.07. The van der Waals surface area contributed by atoms with Gasteiger partial charge in [0.1, 0.15) is 40.8 Å². The van der Waals surface area contributed by atoms with Crippen molar-refractivity contribution in [1.82, 2.24) is 44.1 Å². The second-order valence-electron chi connectivity index (χ2n) is 16.7. The number of halogens is 3. The Hall–Kier alpha value is -5.81. The monoisotopic (exact) mass is 804 g/mol. The van der Waals surface area contributed by atoms with Crippen molar-refractivity contribution in [3.8, 4) is 16.9 Å². The Morgan fingerprint density at radius 3 is 2.47 bits per heavy atom. The summed E-state index contributed by atoms with van der Waals surface area (Å²) in [5.74, 6) is 0.239. The molecule has 6 aliphatic rings. The van der Waals surface area contributed by atoms with E-state index in [4.69, 9.17) is 24.7 Å². The van der Waals surface area contributed by atoms with Crippen molar-refractivity contribution in [2.45, 2.75) is 75.5 Å². The van der Waals surface area contributed by atoms with Gasteiger partial charge in [-0.2, -0.15) is 15.1 Å². The largest absolute Gasteiger partial charge is 0.378 e. The number of nitrogens with zero attached hydrogens (tertiary/aromatic N) is 11. The van der Waals surface area contributed by atoms with Gasteiger partial charge >= 0.3 is 0 Å². The highest BCUT2D eigenvalue weighted by Gasteiger charge is 2.50. The van der Waals surface area contributed by atoms with E-state index in [1.165, 1.54) is 41.8 Å². The summed E-state index contributed by atoms with van der Waals surface area (Å²) in [4.78, 5) is 43.4. The maximum absolute atomic E-state index is 15.4. The van der Waals surface area contributed by atoms with Crippen LogP contribution < -0.4 is 15.1 Å². The first-order chi connectivity index (χ1) is 28.6. The van der Waals surface area contributed by atoms with Gasteiger partial charge in [-0.3, -0.25) is 9.69 Å². The minimum atomic E-state index is -0.773. The molecule has 5 atom stereocenters. The zero-order valence-electron chi connectivity index (χ0n) is 32.9. The molecular formula is C42H43F3N12O2. The van der Waals surface area contributed by atoms with Crippen LogP contribution in [0.3, 0.4) is 0 Å². The minimum Gasteiger partial charge on any atom is -0.378 e. The number of benzene rings is 2. The molecule has 6 aromatic rings. The molecule has 4 aromatic heterocycles. The van der Waals surface area contributed by atoms with E-state index in [0.29, 0.717) is 76.8 Å². The lowest BCUT2D eigenvalue weighted by Crippen LogP contribution is -2.69. The number of pyridine rings is 1. The van der Waals surface area contributed by atoms with Gasteiger partial charge in [-0.1, -0.05) is 6.07 Å². The number of nitrogens with one attached hydrogen (secondary N) is 1. The molecule has 6 bridgehead atoms. The first kappa shape index (κ1) is 36.3. The number of hydrogen-bond donors (Lipinski definition) is 1. The van der Waals surface area contributed by atoms with Crippen molar-refractivity contribution < 1.29 is 22.7 Å². The van der Waals surface area contributed by atoms with E-state index in [9.17, 15) is 9.18 Å². The van der Waals surface area contributed by atoms with Crippen molar-refractivity contribution >= 4 is 45.6 Å². The van der Waals surface area contributed by atoms with Gasteiger partial charge in [-0.05, 0) is 62.9 Å². The predicted octanol–water partition coefficient (Wildman–Crippen LogP) is 4.92. The lowest BCUT2D eigenvalue weighted by Gasteiger charge is -2.56. The summed E-state index contributed by atoms with van der Waals surface area (Å²) in [6.45, 7) is 4.69. The molecule has 14 nitrogen and oxygen atoms in total. The summed E-state index contributed by atoms with van der Waals surface area (Å²) >= 11 is 0. The normalized spacial score (nSPS) is 24.7. The molecule has 0 radical (unpaired) electrons. The average molecular weight is 805 g/mol. The predicted molar refractivity (Wildman–Crippen MR) is 215 cm³/mol. The molecule has 1 aliphatic carbocycles. The fourth-order valence-corrected chi connectivity index (χ4v) is 9.86. The molecule has 2 aromatic carbocycles. The summed E-state index contributed by atoms with van der Waals surface area (Å²) in [7, 11) is 3.40. The maximum Gasteiger partial charge on any atom is 0.245 e. The molecule has 17 heteroatoms. The highest BCUT2D eigenvalue weighted by molar-refractivity contribution is 5.94. The van der Waals surface area contributed by atoms with Gasteiger partial charge in [0.25, 0.3) is 0 Å². The van der Waals surface area contributed by atoms with Gasteiger partial charge in [0, 0.05) is 82.2 Å². The Morgan fingerprint density at radius 1 is 0.864 bits per heavy atom. The number of ether oxygens (including phenoxy) is 1. The van der Waals surface area contributed by atoms with Gasteiger partial charge in [0.2, 0.25) is 11.9 Å². The Kier molecular flexibility index (Phi) is 8.38. The van der Waals surface area contributed by atoms with Crippen LogP contribution in [0.4, 0.5) is 30.8 Å². The first-order valence-electron chi connectivity index (χ1n) is 20.3. The number of hydrogen-bond acceptors (Lipinski definition) is 11. The highest BCUT2D eigenvalue weighted by atomic mass is 19.1. The number of methoxy groups -OCH3 is 1. The fraction of sp³-hybridized carbons (Fsp3) is 0.429. The highest BCUT2D eigenvalue weighted by Crippen LogP contribution is 2.42. The van der Waals surface area contributed by atoms with Crippen LogP contribution in [0.5, 0.6) is 0 Å². The van der Waals surface area contributed by atoms with Crippen LogP contribution in [0.15, 0.2) is 54.7 Å². The number of piperazine rings is 1. The van der Waals surface area contributed by atoms with E-state index < -0.39 is 29.6 Å². The standard InChI is InChI=1S/C42H43F3N12O2/c1-22-47-34-13-24(44)11-30-33-5-4-6-37(49-33)48-25-14-36(41(58)52(2)20-29(59-3)21-54(22)38(30)34)55(17-25)39-31-16-46-57(35-10-7-23(43)12-32(35)45)40(31)51-42(50-39)56-27-15-28(56)19-53(18-27)26-8-9-26/h4-7,10-13,16,25-29,36H,8-9,14-15,17-21H2,1-3H3,(H,48,49)/t25-,27-,28-,29-,36-/m0/s1. The van der Waals surface area contributed by atoms with Crippen LogP contribution in [0, 0.1) is 24.4 Å². The Balaban J connectivity index is 1.03. The number of aromatic nitrogens is 7. The third-order valence-electron chi connectivity index (χ3n) is 12.9. The van der Waals surface area contributed by atoms with Gasteiger partial charge in [-0.25, -0.2) is 27.8 Å². The second kappa shape index (κ2) is 13.6. The number of amides is 1. The van der Waals surface area contributed by atoms with Gasteiger partial charge in [0.05, 0.1) is 41.0 Å². The molecule has 5 aliphatic heterocycles. The van der Waals surface area contributed by atoms with Gasteiger partial charge < -0.3 is 29.3 Å². The molecule has 0 unspecified atom stereocenters. The molecule has 1 saturated carbocycles. The van der Waals surface area contributed by atoms with E-state index in [1.807, 2.05) is 34.6 Å². The summed E-state index contributed by atoms with van der Waals surface area (Å²) in [5.41, 5.74) is 2.85. The number of piperidine rings is 1. The van der Waals surface area contributed by atoms with Gasteiger partial charge in [-0.15, -0.1) is 0 Å². The number of anilines is 3. The van der Waals surface area contributed by atoms with E-state index in [1.54, 1.807) is 25.3 Å². The number of rotatable bonds is 5. The van der Waals surface area contributed by atoms with E-state index in [-0.39, 0.29) is 36.3 Å². The maximum atomic E-state index is 15.4. The van der Waals surface area contributed by atoms with E-state index in [2.05, 4.69) is 20.2 Å². The minimum absolute atomic E-state index is 0.0545. The van der Waals surface area contributed by atoms with Crippen LogP contribution in [0.2, 0.25) is 0 Å². The number of aryl methyl sites for hydroxylation is 1. The van der Waals surface area contributed by atoms with E-state index in [0.717, 1.165) is 31.1 Å². The molecule has 9 heterocycles. The average Bonchev–Trinajstić information content (AvgIpc) is 3.76. The number of imidazole rings is 1. The van der Waals surface area contributed by atoms with Crippen LogP contribution in [0.1, 0.15) is 31.5 Å². The number of carbonyl (C=O) groups is 1. The van der Waals surface area contributed by atoms with Gasteiger partial charge in [0.15, 0.2) is 11.5 Å². The summed E-state index contributed by atoms with van der Waals surface area (Å²) < 4.78 is 54.1. The zero-order chi connectivity index (χ0) is 40.3. The Labute approximate surface area is 337 Å². The third-order valence-corrected chi connectivity index (χ3v) is 12.9. The molecule has 4 saturated heterocycles. The Bertz CT molecular complexity index is 2650. The fourth-order valence-electron chi connectivity index (χ4n) is 9.86. The van der Waals surface area contributed by atoms with Crippen LogP contribution in [0.25, 0.3) is 39.0 Å². The molecule has 1 N–H and O–H groups in total. The molecule has 1 amide bonds. The smallest absolute Gasteiger partial charge is 0.245 e. The molecule has 59 heavy (non-hydrogen) atoms. The number of likely N-dealkylation sites (N-methyl/N-ethyl adjacent to an activating group) is 1. The quantitative estimate of drug-likeness (QED) is 0.255. The topological polar surface area (TPSA) is 126 Å². The van der Waals surface area contributed by atoms with Crippen molar-refractivity contribution in [2.24, 2.45) is 0 Å². The molecule has 5 fully saturated rings.